The normalized spacial score (nSPS) is 18.6. The maximum atomic E-state index is 12.9. The van der Waals surface area contributed by atoms with Gasteiger partial charge in [0.25, 0.3) is 5.91 Å². The molecule has 1 atom stereocenters. The van der Waals surface area contributed by atoms with E-state index >= 15 is 0 Å². The second-order valence-electron chi connectivity index (χ2n) is 6.66. The summed E-state index contributed by atoms with van der Waals surface area (Å²) in [6.45, 7) is 0.356. The van der Waals surface area contributed by atoms with Gasteiger partial charge in [0.05, 0.1) is 37.5 Å². The van der Waals surface area contributed by atoms with Crippen molar-refractivity contribution < 1.29 is 13.2 Å². The molecule has 3 aromatic rings. The molecular weight excluding hydrogens is 404 g/mol. The third kappa shape index (κ3) is 4.00. The molecule has 3 heterocycles. The lowest BCUT2D eigenvalue weighted by molar-refractivity contribution is 0.0950. The maximum absolute atomic E-state index is 12.9. The van der Waals surface area contributed by atoms with Crippen molar-refractivity contribution in [3.63, 3.8) is 0 Å². The van der Waals surface area contributed by atoms with E-state index < -0.39 is 9.84 Å². The molecule has 1 N–H and O–H groups in total. The van der Waals surface area contributed by atoms with Gasteiger partial charge in [-0.15, -0.1) is 11.3 Å². The van der Waals surface area contributed by atoms with E-state index in [2.05, 4.69) is 10.3 Å². The highest BCUT2D eigenvalue weighted by molar-refractivity contribution is 7.91. The summed E-state index contributed by atoms with van der Waals surface area (Å²) in [5, 5.41) is 3.67. The van der Waals surface area contributed by atoms with E-state index in [1.54, 1.807) is 12.1 Å². The van der Waals surface area contributed by atoms with E-state index in [0.717, 1.165) is 15.8 Å². The summed E-state index contributed by atoms with van der Waals surface area (Å²) < 4.78 is 23.9. The quantitative estimate of drug-likeness (QED) is 0.696. The number of para-hydroxylation sites is 1. The van der Waals surface area contributed by atoms with Crippen molar-refractivity contribution in [3.05, 3.63) is 52.4 Å². The average Bonchev–Trinajstić information content (AvgIpc) is 3.23. The minimum Gasteiger partial charge on any atom is -0.352 e. The minimum atomic E-state index is -2.96. The van der Waals surface area contributed by atoms with Gasteiger partial charge in [-0.2, -0.15) is 0 Å². The number of sulfone groups is 1. The Labute approximate surface area is 166 Å². The molecule has 4 rings (SSSR count). The fourth-order valence-corrected chi connectivity index (χ4v) is 6.17. The van der Waals surface area contributed by atoms with Crippen molar-refractivity contribution in [1.82, 2.24) is 10.3 Å². The topological polar surface area (TPSA) is 76.1 Å². The Bertz CT molecular complexity index is 1120. The smallest absolute Gasteiger partial charge is 0.252 e. The van der Waals surface area contributed by atoms with Gasteiger partial charge in [0.1, 0.15) is 0 Å². The molecule has 0 bridgehead atoms. The first kappa shape index (κ1) is 18.4. The van der Waals surface area contributed by atoms with Gasteiger partial charge in [-0.3, -0.25) is 4.79 Å². The Balaban J connectivity index is 1.64. The van der Waals surface area contributed by atoms with Crippen molar-refractivity contribution in [1.29, 1.82) is 0 Å². The Hall–Kier alpha value is -1.96. The largest absolute Gasteiger partial charge is 0.352 e. The predicted octanol–water partition coefficient (Wildman–Crippen LogP) is 3.78. The molecule has 140 valence electrons. The molecule has 1 amide bonds. The number of hydrogen-bond acceptors (Lipinski definition) is 5. The van der Waals surface area contributed by atoms with E-state index in [1.807, 2.05) is 30.3 Å². The van der Waals surface area contributed by atoms with Crippen LogP contribution in [0.3, 0.4) is 0 Å². The molecule has 5 nitrogen and oxygen atoms in total. The number of nitrogens with zero attached hydrogens (tertiary/aromatic N) is 1. The number of halogens is 1. The van der Waals surface area contributed by atoms with Crippen LogP contribution in [0.25, 0.3) is 21.5 Å². The molecule has 1 unspecified atom stereocenters. The van der Waals surface area contributed by atoms with Crippen LogP contribution >= 0.6 is 22.9 Å². The number of thiophene rings is 1. The van der Waals surface area contributed by atoms with E-state index in [1.165, 1.54) is 11.3 Å². The monoisotopic (exact) mass is 420 g/mol. The van der Waals surface area contributed by atoms with E-state index in [4.69, 9.17) is 11.6 Å². The van der Waals surface area contributed by atoms with Gasteiger partial charge in [-0.25, -0.2) is 13.4 Å². The van der Waals surface area contributed by atoms with Crippen molar-refractivity contribution in [2.45, 2.75) is 6.42 Å². The number of benzene rings is 1. The highest BCUT2D eigenvalue weighted by Gasteiger charge is 2.28. The van der Waals surface area contributed by atoms with Gasteiger partial charge in [0.15, 0.2) is 9.84 Å². The lowest BCUT2D eigenvalue weighted by Crippen LogP contribution is -2.30. The molecule has 0 radical (unpaired) electrons. The van der Waals surface area contributed by atoms with Crippen molar-refractivity contribution in [2.75, 3.05) is 18.1 Å². The second kappa shape index (κ2) is 7.22. The standard InChI is InChI=1S/C19H17ClN2O3S2/c20-18-6-5-17(26-18)16-9-14(13-3-1-2-4-15(13)22-16)19(23)21-10-12-7-8-27(24,25)11-12/h1-6,9,12H,7-8,10-11H2,(H,21,23). The Morgan fingerprint density at radius 2 is 2.07 bits per heavy atom. The summed E-state index contributed by atoms with van der Waals surface area (Å²) in [5.41, 5.74) is 1.95. The molecular formula is C19H17ClN2O3S2. The van der Waals surface area contributed by atoms with Crippen LogP contribution < -0.4 is 5.32 Å². The highest BCUT2D eigenvalue weighted by atomic mass is 35.5. The summed E-state index contributed by atoms with van der Waals surface area (Å²) in [5.74, 6) is 0.0997. The Morgan fingerprint density at radius 1 is 1.26 bits per heavy atom. The lowest BCUT2D eigenvalue weighted by atomic mass is 10.1. The molecule has 0 spiro atoms. The maximum Gasteiger partial charge on any atom is 0.252 e. The van der Waals surface area contributed by atoms with Crippen LogP contribution in [0.15, 0.2) is 42.5 Å². The minimum absolute atomic E-state index is 0.0253. The van der Waals surface area contributed by atoms with Gasteiger partial charge in [-0.1, -0.05) is 29.8 Å². The number of nitrogens with one attached hydrogen (secondary N) is 1. The molecule has 1 fully saturated rings. The molecule has 0 saturated carbocycles. The molecule has 1 saturated heterocycles. The zero-order valence-corrected chi connectivity index (χ0v) is 16.7. The Morgan fingerprint density at radius 3 is 2.78 bits per heavy atom. The molecule has 0 aliphatic carbocycles. The number of pyridine rings is 1. The van der Waals surface area contributed by atoms with Gasteiger partial charge in [-0.05, 0) is 36.6 Å². The lowest BCUT2D eigenvalue weighted by Gasteiger charge is -2.12. The number of rotatable bonds is 4. The zero-order valence-electron chi connectivity index (χ0n) is 14.3. The molecule has 2 aromatic heterocycles. The van der Waals surface area contributed by atoms with Gasteiger partial charge in [0, 0.05) is 11.9 Å². The van der Waals surface area contributed by atoms with Crippen LogP contribution in [-0.4, -0.2) is 37.4 Å². The summed E-state index contributed by atoms with van der Waals surface area (Å²) >= 11 is 7.45. The summed E-state index contributed by atoms with van der Waals surface area (Å²) in [4.78, 5) is 18.4. The fourth-order valence-electron chi connectivity index (χ4n) is 3.31. The van der Waals surface area contributed by atoms with Crippen molar-refractivity contribution in [3.8, 4) is 10.6 Å². The number of hydrogen-bond donors (Lipinski definition) is 1. The number of carbonyl (C=O) groups is 1. The van der Waals surface area contributed by atoms with E-state index in [-0.39, 0.29) is 23.3 Å². The van der Waals surface area contributed by atoms with Crippen LogP contribution in [0.4, 0.5) is 0 Å². The summed E-state index contributed by atoms with van der Waals surface area (Å²) in [6, 6.07) is 12.9. The third-order valence-electron chi connectivity index (χ3n) is 4.66. The van der Waals surface area contributed by atoms with Crippen molar-refractivity contribution in [2.24, 2.45) is 5.92 Å². The van der Waals surface area contributed by atoms with Gasteiger partial charge < -0.3 is 5.32 Å². The predicted molar refractivity (Wildman–Crippen MR) is 109 cm³/mol. The molecule has 1 aliphatic rings. The highest BCUT2D eigenvalue weighted by Crippen LogP contribution is 2.32. The Kier molecular flexibility index (Phi) is 4.92. The SMILES string of the molecule is O=C(NCC1CCS(=O)(=O)C1)c1cc(-c2ccc(Cl)s2)nc2ccccc12. The van der Waals surface area contributed by atoms with Crippen LogP contribution in [0.2, 0.25) is 4.34 Å². The van der Waals surface area contributed by atoms with E-state index in [9.17, 15) is 13.2 Å². The fraction of sp³-hybridized carbons (Fsp3) is 0.263. The first-order valence-electron chi connectivity index (χ1n) is 8.55. The second-order valence-corrected chi connectivity index (χ2v) is 10.6. The van der Waals surface area contributed by atoms with Crippen LogP contribution in [0, 0.1) is 5.92 Å². The first-order valence-corrected chi connectivity index (χ1v) is 11.6. The van der Waals surface area contributed by atoms with E-state index in [0.29, 0.717) is 28.6 Å². The molecule has 8 heteroatoms. The molecule has 1 aromatic carbocycles. The zero-order chi connectivity index (χ0) is 19.0. The van der Waals surface area contributed by atoms with Gasteiger partial charge >= 0.3 is 0 Å². The summed E-state index contributed by atoms with van der Waals surface area (Å²) in [6.07, 6.45) is 0.596. The third-order valence-corrected chi connectivity index (χ3v) is 7.76. The number of carbonyl (C=O) groups excluding carboxylic acids is 1. The first-order chi connectivity index (χ1) is 12.9. The van der Waals surface area contributed by atoms with Gasteiger partial charge in [0.2, 0.25) is 0 Å². The number of fused-ring (bicyclic) bond motifs is 1. The number of aromatic nitrogens is 1. The summed E-state index contributed by atoms with van der Waals surface area (Å²) in [7, 11) is -2.96. The van der Waals surface area contributed by atoms with Crippen molar-refractivity contribution >= 4 is 49.6 Å². The number of amides is 1. The molecule has 1 aliphatic heterocycles. The molecule has 27 heavy (non-hydrogen) atoms. The van der Waals surface area contributed by atoms with Crippen LogP contribution in [-0.2, 0) is 9.84 Å². The van der Waals surface area contributed by atoms with Crippen LogP contribution in [0.5, 0.6) is 0 Å². The average molecular weight is 421 g/mol. The van der Waals surface area contributed by atoms with Crippen LogP contribution in [0.1, 0.15) is 16.8 Å².